The highest BCUT2D eigenvalue weighted by atomic mass is 16.2. The van der Waals surface area contributed by atoms with Crippen molar-refractivity contribution in [3.8, 4) is 0 Å². The van der Waals surface area contributed by atoms with Crippen LogP contribution in [0.15, 0.2) is 0 Å². The van der Waals surface area contributed by atoms with Crippen LogP contribution in [-0.4, -0.2) is 55.8 Å². The lowest BCUT2D eigenvalue weighted by Gasteiger charge is -2.20. The van der Waals surface area contributed by atoms with Gasteiger partial charge in [0.25, 0.3) is 0 Å². The first-order valence-corrected chi connectivity index (χ1v) is 5.54. The Morgan fingerprint density at radius 3 is 2.41 bits per heavy atom. The van der Waals surface area contributed by atoms with Crippen molar-refractivity contribution < 1.29 is 14.4 Å². The van der Waals surface area contributed by atoms with Gasteiger partial charge in [-0.05, 0) is 6.42 Å². The normalized spacial score (nSPS) is 9.59. The van der Waals surface area contributed by atoms with Gasteiger partial charge in [0.15, 0.2) is 0 Å². The lowest BCUT2D eigenvalue weighted by Crippen LogP contribution is -2.47. The molecule has 0 aliphatic carbocycles. The maximum absolute atomic E-state index is 11.7. The van der Waals surface area contributed by atoms with Crippen molar-refractivity contribution in [1.29, 1.82) is 0 Å². The highest BCUT2D eigenvalue weighted by Gasteiger charge is 2.22. The van der Waals surface area contributed by atoms with Crippen molar-refractivity contribution in [3.63, 3.8) is 0 Å². The Kier molecular flexibility index (Phi) is 7.70. The van der Waals surface area contributed by atoms with Gasteiger partial charge in [0.05, 0.1) is 6.54 Å². The van der Waals surface area contributed by atoms with E-state index in [2.05, 4.69) is 10.6 Å². The standard InChI is InChI=1S/C10H20N4O3/c1-3-6-14(7-8(15)12-2)10(17)9(16)13-5-4-11/h3-7,11H2,1-2H3,(H,12,15)(H,13,16). The summed E-state index contributed by atoms with van der Waals surface area (Å²) in [6.45, 7) is 2.62. The summed E-state index contributed by atoms with van der Waals surface area (Å²) in [6, 6.07) is 0. The van der Waals surface area contributed by atoms with Gasteiger partial charge in [-0.3, -0.25) is 14.4 Å². The van der Waals surface area contributed by atoms with Crippen LogP contribution in [0.3, 0.4) is 0 Å². The van der Waals surface area contributed by atoms with E-state index in [1.165, 1.54) is 11.9 Å². The molecular formula is C10H20N4O3. The first-order valence-electron chi connectivity index (χ1n) is 5.54. The van der Waals surface area contributed by atoms with E-state index in [1.807, 2.05) is 6.92 Å². The highest BCUT2D eigenvalue weighted by Crippen LogP contribution is 1.93. The lowest BCUT2D eigenvalue weighted by atomic mass is 10.3. The molecular weight excluding hydrogens is 224 g/mol. The molecule has 0 radical (unpaired) electrons. The summed E-state index contributed by atoms with van der Waals surface area (Å²) >= 11 is 0. The Labute approximate surface area is 101 Å². The van der Waals surface area contributed by atoms with Gasteiger partial charge in [-0.2, -0.15) is 0 Å². The molecule has 0 atom stereocenters. The Balaban J connectivity index is 4.41. The fraction of sp³-hybridized carbons (Fsp3) is 0.700. The Hall–Kier alpha value is -1.63. The predicted octanol–water partition coefficient (Wildman–Crippen LogP) is -1.95. The molecule has 0 spiro atoms. The molecule has 0 aromatic rings. The van der Waals surface area contributed by atoms with Crippen molar-refractivity contribution in [2.75, 3.05) is 33.2 Å². The second-order valence-corrected chi connectivity index (χ2v) is 3.44. The van der Waals surface area contributed by atoms with Crippen LogP contribution in [-0.2, 0) is 14.4 Å². The van der Waals surface area contributed by atoms with Gasteiger partial charge in [-0.15, -0.1) is 0 Å². The monoisotopic (exact) mass is 244 g/mol. The van der Waals surface area contributed by atoms with E-state index < -0.39 is 11.8 Å². The first kappa shape index (κ1) is 15.4. The van der Waals surface area contributed by atoms with Crippen LogP contribution in [0.2, 0.25) is 0 Å². The lowest BCUT2D eigenvalue weighted by molar-refractivity contribution is -0.147. The molecule has 3 amide bonds. The smallest absolute Gasteiger partial charge is 0.312 e. The summed E-state index contributed by atoms with van der Waals surface area (Å²) < 4.78 is 0. The SMILES string of the molecule is CCCN(CC(=O)NC)C(=O)C(=O)NCCN. The van der Waals surface area contributed by atoms with Crippen molar-refractivity contribution in [2.24, 2.45) is 5.73 Å². The minimum absolute atomic E-state index is 0.112. The maximum Gasteiger partial charge on any atom is 0.312 e. The fourth-order valence-electron chi connectivity index (χ4n) is 1.18. The molecule has 17 heavy (non-hydrogen) atoms. The van der Waals surface area contributed by atoms with Crippen LogP contribution >= 0.6 is 0 Å². The summed E-state index contributed by atoms with van der Waals surface area (Å²) in [7, 11) is 1.48. The van der Waals surface area contributed by atoms with Crippen LogP contribution in [0.4, 0.5) is 0 Å². The number of amides is 3. The molecule has 0 aromatic carbocycles. The Morgan fingerprint density at radius 2 is 1.94 bits per heavy atom. The quantitative estimate of drug-likeness (QED) is 0.472. The molecule has 0 saturated heterocycles. The summed E-state index contributed by atoms with van der Waals surface area (Å²) in [5.74, 6) is -1.74. The van der Waals surface area contributed by atoms with Gasteiger partial charge in [0, 0.05) is 26.7 Å². The van der Waals surface area contributed by atoms with E-state index in [9.17, 15) is 14.4 Å². The maximum atomic E-state index is 11.7. The average Bonchev–Trinajstić information content (AvgIpc) is 2.34. The zero-order valence-corrected chi connectivity index (χ0v) is 10.3. The third-order valence-electron chi connectivity index (χ3n) is 2.02. The fourth-order valence-corrected chi connectivity index (χ4v) is 1.18. The molecule has 0 aromatic heterocycles. The number of carbonyl (C=O) groups excluding carboxylic acids is 3. The number of hydrogen-bond donors (Lipinski definition) is 3. The van der Waals surface area contributed by atoms with Gasteiger partial charge < -0.3 is 21.3 Å². The van der Waals surface area contributed by atoms with Gasteiger partial charge in [-0.1, -0.05) is 6.92 Å². The van der Waals surface area contributed by atoms with E-state index in [1.54, 1.807) is 0 Å². The second kappa shape index (κ2) is 8.51. The molecule has 0 heterocycles. The van der Waals surface area contributed by atoms with Crippen molar-refractivity contribution >= 4 is 17.7 Å². The molecule has 7 nitrogen and oxygen atoms in total. The van der Waals surface area contributed by atoms with E-state index in [4.69, 9.17) is 5.73 Å². The first-order chi connectivity index (χ1) is 8.06. The van der Waals surface area contributed by atoms with Crippen molar-refractivity contribution in [2.45, 2.75) is 13.3 Å². The third-order valence-corrected chi connectivity index (χ3v) is 2.02. The molecule has 0 rings (SSSR count). The minimum Gasteiger partial charge on any atom is -0.358 e. The molecule has 0 bridgehead atoms. The van der Waals surface area contributed by atoms with Gasteiger partial charge in [-0.25, -0.2) is 0 Å². The second-order valence-electron chi connectivity index (χ2n) is 3.44. The topological polar surface area (TPSA) is 105 Å². The van der Waals surface area contributed by atoms with Crippen molar-refractivity contribution in [1.82, 2.24) is 15.5 Å². The number of carbonyl (C=O) groups is 3. The summed E-state index contributed by atoms with van der Waals surface area (Å²) in [5, 5.41) is 4.78. The molecule has 4 N–H and O–H groups in total. The van der Waals surface area contributed by atoms with Crippen LogP contribution < -0.4 is 16.4 Å². The highest BCUT2D eigenvalue weighted by molar-refractivity contribution is 6.35. The number of hydrogen-bond acceptors (Lipinski definition) is 4. The van der Waals surface area contributed by atoms with Crippen LogP contribution in [0.1, 0.15) is 13.3 Å². The number of nitrogens with two attached hydrogens (primary N) is 1. The minimum atomic E-state index is -0.729. The van der Waals surface area contributed by atoms with E-state index in [0.717, 1.165) is 0 Å². The van der Waals surface area contributed by atoms with Gasteiger partial charge >= 0.3 is 11.8 Å². The van der Waals surface area contributed by atoms with Gasteiger partial charge in [0.1, 0.15) is 0 Å². The molecule has 0 aliphatic heterocycles. The van der Waals surface area contributed by atoms with E-state index in [-0.39, 0.29) is 25.5 Å². The zero-order chi connectivity index (χ0) is 13.3. The molecule has 7 heteroatoms. The van der Waals surface area contributed by atoms with Crippen LogP contribution in [0.25, 0.3) is 0 Å². The largest absolute Gasteiger partial charge is 0.358 e. The van der Waals surface area contributed by atoms with E-state index in [0.29, 0.717) is 13.0 Å². The Morgan fingerprint density at radius 1 is 1.29 bits per heavy atom. The van der Waals surface area contributed by atoms with E-state index >= 15 is 0 Å². The summed E-state index contributed by atoms with van der Waals surface area (Å²) in [5.41, 5.74) is 5.21. The average molecular weight is 244 g/mol. The Bertz CT molecular complexity index is 281. The predicted molar refractivity (Wildman–Crippen MR) is 63.0 cm³/mol. The van der Waals surface area contributed by atoms with Crippen molar-refractivity contribution in [3.05, 3.63) is 0 Å². The molecule has 0 saturated carbocycles. The molecule has 0 fully saturated rings. The number of rotatable bonds is 6. The molecule has 0 unspecified atom stereocenters. The number of nitrogens with one attached hydrogen (secondary N) is 2. The molecule has 98 valence electrons. The van der Waals surface area contributed by atoms with Crippen LogP contribution in [0.5, 0.6) is 0 Å². The summed E-state index contributed by atoms with van der Waals surface area (Å²) in [4.78, 5) is 35.5. The number of likely N-dealkylation sites (N-methyl/N-ethyl adjacent to an activating group) is 1. The summed E-state index contributed by atoms with van der Waals surface area (Å²) in [6.07, 6.45) is 0.674. The van der Waals surface area contributed by atoms with Crippen LogP contribution in [0, 0.1) is 0 Å². The third kappa shape index (κ3) is 5.86. The number of nitrogens with zero attached hydrogens (tertiary/aromatic N) is 1. The molecule has 0 aliphatic rings. The van der Waals surface area contributed by atoms with Gasteiger partial charge in [0.2, 0.25) is 5.91 Å². The zero-order valence-electron chi connectivity index (χ0n) is 10.3.